The summed E-state index contributed by atoms with van der Waals surface area (Å²) in [4.78, 5) is 27.4. The lowest BCUT2D eigenvalue weighted by atomic mass is 10.1. The van der Waals surface area contributed by atoms with E-state index in [9.17, 15) is 22.8 Å². The number of hydrogen-bond donors (Lipinski definition) is 2. The van der Waals surface area contributed by atoms with Crippen LogP contribution in [0.3, 0.4) is 0 Å². The van der Waals surface area contributed by atoms with Crippen molar-refractivity contribution < 1.29 is 22.8 Å². The quantitative estimate of drug-likeness (QED) is 0.806. The van der Waals surface area contributed by atoms with E-state index in [1.807, 2.05) is 5.32 Å². The maximum absolute atomic E-state index is 12.9. The molecule has 0 unspecified atom stereocenters. The smallest absolute Gasteiger partial charge is 0.317 e. The van der Waals surface area contributed by atoms with Crippen molar-refractivity contribution >= 4 is 34.9 Å². The van der Waals surface area contributed by atoms with E-state index in [1.165, 1.54) is 18.3 Å². The maximum atomic E-state index is 12.9. The molecule has 0 aliphatic heterocycles. The first-order valence-corrected chi connectivity index (χ1v) is 6.96. The van der Waals surface area contributed by atoms with Crippen LogP contribution in [0.4, 0.5) is 24.7 Å². The number of halogens is 4. The van der Waals surface area contributed by atoms with Crippen LogP contribution in [0.15, 0.2) is 36.5 Å². The number of rotatable bonds is 2. The molecule has 126 valence electrons. The van der Waals surface area contributed by atoms with E-state index in [-0.39, 0.29) is 10.8 Å². The van der Waals surface area contributed by atoms with Crippen molar-refractivity contribution in [3.05, 3.63) is 52.7 Å². The molecule has 0 radical (unpaired) electrons. The number of nitrogens with zero attached hydrogens (tertiary/aromatic N) is 1. The predicted molar refractivity (Wildman–Crippen MR) is 82.7 cm³/mol. The summed E-state index contributed by atoms with van der Waals surface area (Å²) >= 11 is 5.54. The number of benzene rings is 1. The Morgan fingerprint density at radius 3 is 2.33 bits per heavy atom. The van der Waals surface area contributed by atoms with Crippen LogP contribution in [-0.2, 0) is 15.8 Å². The average Bonchev–Trinajstić information content (AvgIpc) is 2.50. The summed E-state index contributed by atoms with van der Waals surface area (Å²) in [6, 6.07) is 5.92. The largest absolute Gasteiger partial charge is 0.418 e. The van der Waals surface area contributed by atoms with Gasteiger partial charge in [0.15, 0.2) is 0 Å². The lowest BCUT2D eigenvalue weighted by Crippen LogP contribution is -2.30. The van der Waals surface area contributed by atoms with Gasteiger partial charge in [-0.2, -0.15) is 13.2 Å². The molecule has 0 saturated heterocycles. The Morgan fingerprint density at radius 2 is 1.75 bits per heavy atom. The Morgan fingerprint density at radius 1 is 1.08 bits per heavy atom. The van der Waals surface area contributed by atoms with Crippen LogP contribution in [0.2, 0.25) is 5.02 Å². The summed E-state index contributed by atoms with van der Waals surface area (Å²) < 4.78 is 38.8. The molecule has 0 aliphatic carbocycles. The van der Waals surface area contributed by atoms with Gasteiger partial charge in [-0.3, -0.25) is 9.59 Å². The van der Waals surface area contributed by atoms with Crippen molar-refractivity contribution in [2.75, 3.05) is 10.6 Å². The molecule has 2 amide bonds. The molecule has 2 aromatic rings. The van der Waals surface area contributed by atoms with Gasteiger partial charge in [0.05, 0.1) is 11.3 Å². The molecule has 5 nitrogen and oxygen atoms in total. The Labute approximate surface area is 139 Å². The molecule has 9 heteroatoms. The van der Waals surface area contributed by atoms with E-state index < -0.39 is 29.2 Å². The van der Waals surface area contributed by atoms with Crippen molar-refractivity contribution in [3.8, 4) is 0 Å². The van der Waals surface area contributed by atoms with E-state index in [4.69, 9.17) is 11.6 Å². The summed E-state index contributed by atoms with van der Waals surface area (Å²) in [5.74, 6) is -2.30. The first kappa shape index (κ1) is 17.7. The van der Waals surface area contributed by atoms with Gasteiger partial charge in [-0.15, -0.1) is 0 Å². The summed E-state index contributed by atoms with van der Waals surface area (Å²) in [6.07, 6.45) is -3.27. The second-order valence-electron chi connectivity index (χ2n) is 4.82. The molecule has 0 fully saturated rings. The molecule has 2 N–H and O–H groups in total. The fourth-order valence-corrected chi connectivity index (χ4v) is 1.93. The van der Waals surface area contributed by atoms with Gasteiger partial charge in [0.25, 0.3) is 0 Å². The number of nitrogens with one attached hydrogen (secondary N) is 2. The Hall–Kier alpha value is -2.61. The molecule has 0 bridgehead atoms. The number of pyridine rings is 1. The molecule has 0 saturated carbocycles. The second kappa shape index (κ2) is 6.88. The number of amides is 2. The van der Waals surface area contributed by atoms with Crippen LogP contribution in [0, 0.1) is 6.92 Å². The number of aryl methyl sites for hydroxylation is 1. The Balaban J connectivity index is 2.14. The third-order valence-corrected chi connectivity index (χ3v) is 3.13. The zero-order valence-corrected chi connectivity index (χ0v) is 13.0. The number of aromatic nitrogens is 1. The normalized spacial score (nSPS) is 11.0. The molecule has 2 rings (SSSR count). The van der Waals surface area contributed by atoms with Crippen molar-refractivity contribution in [1.29, 1.82) is 0 Å². The van der Waals surface area contributed by atoms with Crippen LogP contribution < -0.4 is 10.6 Å². The molecule has 24 heavy (non-hydrogen) atoms. The van der Waals surface area contributed by atoms with Crippen LogP contribution in [-0.4, -0.2) is 16.8 Å². The van der Waals surface area contributed by atoms with E-state index in [2.05, 4.69) is 10.3 Å². The predicted octanol–water partition coefficient (Wildman–Crippen LogP) is 3.64. The minimum Gasteiger partial charge on any atom is -0.317 e. The van der Waals surface area contributed by atoms with E-state index in [0.29, 0.717) is 6.07 Å². The SMILES string of the molecule is Cc1ccc(NC(=O)C(=O)Nc2ccc(Cl)cc2C(F)(F)F)nc1. The summed E-state index contributed by atoms with van der Waals surface area (Å²) in [5, 5.41) is 3.96. The fourth-order valence-electron chi connectivity index (χ4n) is 1.75. The fraction of sp³-hybridized carbons (Fsp3) is 0.133. The number of alkyl halides is 3. The monoisotopic (exact) mass is 357 g/mol. The van der Waals surface area contributed by atoms with Crippen LogP contribution in [0.25, 0.3) is 0 Å². The molecule has 0 aliphatic rings. The van der Waals surface area contributed by atoms with E-state index in [0.717, 1.165) is 11.6 Å². The third-order valence-electron chi connectivity index (χ3n) is 2.89. The average molecular weight is 358 g/mol. The second-order valence-corrected chi connectivity index (χ2v) is 5.25. The zero-order chi connectivity index (χ0) is 17.9. The number of hydrogen-bond acceptors (Lipinski definition) is 3. The zero-order valence-electron chi connectivity index (χ0n) is 12.2. The topological polar surface area (TPSA) is 71.1 Å². The van der Waals surface area contributed by atoms with Crippen molar-refractivity contribution in [2.24, 2.45) is 0 Å². The summed E-state index contributed by atoms with van der Waals surface area (Å²) in [7, 11) is 0. The maximum Gasteiger partial charge on any atom is 0.418 e. The molecule has 1 aromatic carbocycles. The van der Waals surface area contributed by atoms with Crippen LogP contribution in [0.5, 0.6) is 0 Å². The highest BCUT2D eigenvalue weighted by atomic mass is 35.5. The van der Waals surface area contributed by atoms with Gasteiger partial charge in [0, 0.05) is 11.2 Å². The van der Waals surface area contributed by atoms with Crippen LogP contribution in [0.1, 0.15) is 11.1 Å². The standard InChI is InChI=1S/C15H11ClF3N3O2/c1-8-2-5-12(20-7-8)22-14(24)13(23)21-11-4-3-9(16)6-10(11)15(17,18)19/h2-7H,1H3,(H,21,23)(H,20,22,24). The van der Waals surface area contributed by atoms with Gasteiger partial charge >= 0.3 is 18.0 Å². The Bertz CT molecular complexity index is 777. The third kappa shape index (κ3) is 4.45. The van der Waals surface area contributed by atoms with Gasteiger partial charge in [-0.1, -0.05) is 17.7 Å². The number of anilines is 2. The Kier molecular flexibility index (Phi) is 5.08. The number of carbonyl (C=O) groups excluding carboxylic acids is 2. The van der Waals surface area contributed by atoms with Gasteiger partial charge < -0.3 is 10.6 Å². The first-order valence-electron chi connectivity index (χ1n) is 6.58. The van der Waals surface area contributed by atoms with Crippen molar-refractivity contribution in [2.45, 2.75) is 13.1 Å². The van der Waals surface area contributed by atoms with Crippen molar-refractivity contribution in [1.82, 2.24) is 4.98 Å². The first-order chi connectivity index (χ1) is 11.2. The van der Waals surface area contributed by atoms with Gasteiger partial charge in [0.2, 0.25) is 0 Å². The lowest BCUT2D eigenvalue weighted by Gasteiger charge is -2.14. The molecular formula is C15H11ClF3N3O2. The molecular weight excluding hydrogens is 347 g/mol. The number of carbonyl (C=O) groups is 2. The molecule has 0 atom stereocenters. The van der Waals surface area contributed by atoms with Crippen LogP contribution >= 0.6 is 11.6 Å². The molecule has 0 spiro atoms. The molecule has 1 heterocycles. The molecule has 1 aromatic heterocycles. The minimum absolute atomic E-state index is 0.105. The highest BCUT2D eigenvalue weighted by Gasteiger charge is 2.34. The van der Waals surface area contributed by atoms with Gasteiger partial charge in [-0.05, 0) is 36.8 Å². The summed E-state index contributed by atoms with van der Waals surface area (Å²) in [5.41, 5.74) is -0.873. The van der Waals surface area contributed by atoms with Gasteiger partial charge in [0.1, 0.15) is 5.82 Å². The van der Waals surface area contributed by atoms with Crippen molar-refractivity contribution in [3.63, 3.8) is 0 Å². The van der Waals surface area contributed by atoms with Gasteiger partial charge in [-0.25, -0.2) is 4.98 Å². The van der Waals surface area contributed by atoms with E-state index in [1.54, 1.807) is 13.0 Å². The van der Waals surface area contributed by atoms with E-state index >= 15 is 0 Å². The highest BCUT2D eigenvalue weighted by molar-refractivity contribution is 6.43. The lowest BCUT2D eigenvalue weighted by molar-refractivity contribution is -0.137. The summed E-state index contributed by atoms with van der Waals surface area (Å²) in [6.45, 7) is 1.78. The highest BCUT2D eigenvalue weighted by Crippen LogP contribution is 2.36. The minimum atomic E-state index is -4.73.